The van der Waals surface area contributed by atoms with Gasteiger partial charge in [0.1, 0.15) is 29.9 Å². The lowest BCUT2D eigenvalue weighted by Gasteiger charge is -2.43. The van der Waals surface area contributed by atoms with Gasteiger partial charge in [-0.05, 0) is 32.1 Å². The van der Waals surface area contributed by atoms with Crippen molar-refractivity contribution in [2.45, 2.75) is 68.1 Å². The zero-order chi connectivity index (χ0) is 19.4. The largest absolute Gasteiger partial charge is 0.388 e. The molecule has 2 rings (SSSR count). The van der Waals surface area contributed by atoms with Crippen LogP contribution in [0.5, 0.6) is 0 Å². The number of amides is 1. The van der Waals surface area contributed by atoms with Crippen LogP contribution in [0.3, 0.4) is 0 Å². The molecule has 2 heterocycles. The SMILES string of the molecule is CCC[C@@H]1C[C@@H](C(=O)N[C@H](CN)[C@H]2OC(SC)[C@H](O)C(O)C2O)N(C)C1. The van der Waals surface area contributed by atoms with Crippen LogP contribution in [0.1, 0.15) is 26.2 Å². The van der Waals surface area contributed by atoms with E-state index in [0.29, 0.717) is 5.92 Å². The summed E-state index contributed by atoms with van der Waals surface area (Å²) in [4.78, 5) is 14.8. The van der Waals surface area contributed by atoms with Gasteiger partial charge in [-0.3, -0.25) is 9.69 Å². The maximum atomic E-state index is 12.8. The third-order valence-corrected chi connectivity index (χ3v) is 6.31. The number of nitrogens with two attached hydrogens (primary N) is 1. The monoisotopic (exact) mass is 391 g/mol. The van der Waals surface area contributed by atoms with E-state index in [1.165, 1.54) is 11.8 Å². The zero-order valence-corrected chi connectivity index (χ0v) is 16.6. The predicted octanol–water partition coefficient (Wildman–Crippen LogP) is -1.28. The number of carbonyl (C=O) groups excluding carboxylic acids is 1. The smallest absolute Gasteiger partial charge is 0.237 e. The number of thioether (sulfide) groups is 1. The summed E-state index contributed by atoms with van der Waals surface area (Å²) in [7, 11) is 1.94. The topological polar surface area (TPSA) is 128 Å². The summed E-state index contributed by atoms with van der Waals surface area (Å²) < 4.78 is 5.73. The van der Waals surface area contributed by atoms with Crippen molar-refractivity contribution in [1.82, 2.24) is 10.2 Å². The Morgan fingerprint density at radius 2 is 2.04 bits per heavy atom. The molecular formula is C17H33N3O5S. The standard InChI is InChI=1S/C17H33N3O5S/c1-4-5-9-6-11(20(2)8-9)16(24)19-10(7-18)15-13(22)12(21)14(23)17(25-15)26-3/h9-15,17,21-23H,4-8,18H2,1-3H3,(H,19,24)/t9-,10-,11+,12?,13?,14-,15-,17?/m1/s1. The Bertz CT molecular complexity index is 470. The highest BCUT2D eigenvalue weighted by atomic mass is 32.2. The van der Waals surface area contributed by atoms with E-state index in [1.54, 1.807) is 6.26 Å². The second-order valence-electron chi connectivity index (χ2n) is 7.37. The predicted molar refractivity (Wildman–Crippen MR) is 101 cm³/mol. The fraction of sp³-hybridized carbons (Fsp3) is 0.941. The lowest BCUT2D eigenvalue weighted by molar-refractivity contribution is -0.204. The van der Waals surface area contributed by atoms with Gasteiger partial charge < -0.3 is 31.1 Å². The number of nitrogens with zero attached hydrogens (tertiary/aromatic N) is 1. The Balaban J connectivity index is 2.02. The third kappa shape index (κ3) is 4.70. The highest BCUT2D eigenvalue weighted by molar-refractivity contribution is 7.99. The van der Waals surface area contributed by atoms with Gasteiger partial charge in [-0.2, -0.15) is 0 Å². The van der Waals surface area contributed by atoms with Crippen LogP contribution < -0.4 is 11.1 Å². The summed E-state index contributed by atoms with van der Waals surface area (Å²) in [5, 5.41) is 33.2. The molecule has 1 amide bonds. The molecule has 8 nitrogen and oxygen atoms in total. The van der Waals surface area contributed by atoms with Gasteiger partial charge in [-0.15, -0.1) is 11.8 Å². The minimum atomic E-state index is -1.35. The molecule has 0 spiro atoms. The summed E-state index contributed by atoms with van der Waals surface area (Å²) in [6, 6.07) is -0.874. The van der Waals surface area contributed by atoms with Crippen molar-refractivity contribution in [3.8, 4) is 0 Å². The Hall–Kier alpha value is -0.420. The molecule has 3 unspecified atom stereocenters. The van der Waals surface area contributed by atoms with Crippen LogP contribution in [0.15, 0.2) is 0 Å². The van der Waals surface area contributed by atoms with Crippen LogP contribution in [0.2, 0.25) is 0 Å². The van der Waals surface area contributed by atoms with Gasteiger partial charge >= 0.3 is 0 Å². The second-order valence-corrected chi connectivity index (χ2v) is 8.31. The van der Waals surface area contributed by atoms with Gasteiger partial charge in [0.25, 0.3) is 0 Å². The van der Waals surface area contributed by atoms with Crippen molar-refractivity contribution in [3.63, 3.8) is 0 Å². The van der Waals surface area contributed by atoms with Crippen molar-refractivity contribution in [2.24, 2.45) is 11.7 Å². The van der Waals surface area contributed by atoms with E-state index >= 15 is 0 Å². The number of carbonyl (C=O) groups is 1. The fourth-order valence-electron chi connectivity index (χ4n) is 3.98. The van der Waals surface area contributed by atoms with E-state index in [1.807, 2.05) is 11.9 Å². The first-order valence-corrected chi connectivity index (χ1v) is 10.6. The molecule has 2 fully saturated rings. The van der Waals surface area contributed by atoms with Gasteiger partial charge in [0, 0.05) is 13.1 Å². The number of ether oxygens (including phenoxy) is 1. The lowest BCUT2D eigenvalue weighted by atomic mass is 9.94. The number of likely N-dealkylation sites (N-methyl/N-ethyl adjacent to an activating group) is 1. The number of hydrogen-bond donors (Lipinski definition) is 5. The van der Waals surface area contributed by atoms with Crippen molar-refractivity contribution in [2.75, 3.05) is 26.4 Å². The molecule has 0 aromatic heterocycles. The molecule has 0 aromatic carbocycles. The number of nitrogens with one attached hydrogen (secondary N) is 1. The Morgan fingerprint density at radius 1 is 1.35 bits per heavy atom. The van der Waals surface area contributed by atoms with Crippen LogP contribution in [0.4, 0.5) is 0 Å². The summed E-state index contributed by atoms with van der Waals surface area (Å²) in [6.45, 7) is 3.09. The third-order valence-electron chi connectivity index (χ3n) is 5.45. The fourth-order valence-corrected chi connectivity index (χ4v) is 4.66. The van der Waals surface area contributed by atoms with Crippen molar-refractivity contribution < 1.29 is 24.9 Å². The number of aliphatic hydroxyl groups excluding tert-OH is 3. The van der Waals surface area contributed by atoms with Crippen molar-refractivity contribution >= 4 is 17.7 Å². The molecule has 0 radical (unpaired) electrons. The minimum absolute atomic E-state index is 0.0617. The van der Waals surface area contributed by atoms with E-state index in [0.717, 1.165) is 25.8 Å². The molecule has 152 valence electrons. The molecule has 0 saturated carbocycles. The second kappa shape index (κ2) is 9.68. The summed E-state index contributed by atoms with van der Waals surface area (Å²) >= 11 is 1.24. The maximum Gasteiger partial charge on any atom is 0.237 e. The molecule has 2 saturated heterocycles. The van der Waals surface area contributed by atoms with Crippen LogP contribution in [0.25, 0.3) is 0 Å². The Morgan fingerprint density at radius 3 is 2.62 bits per heavy atom. The van der Waals surface area contributed by atoms with Gasteiger partial charge in [-0.25, -0.2) is 0 Å². The normalized spacial score (nSPS) is 39.7. The Kier molecular flexibility index (Phi) is 8.14. The van der Waals surface area contributed by atoms with Crippen LogP contribution >= 0.6 is 11.8 Å². The molecule has 2 aliphatic heterocycles. The quantitative estimate of drug-likeness (QED) is 0.363. The van der Waals surface area contributed by atoms with Crippen molar-refractivity contribution in [1.29, 1.82) is 0 Å². The number of likely N-dealkylation sites (tertiary alicyclic amines) is 1. The van der Waals surface area contributed by atoms with E-state index in [9.17, 15) is 20.1 Å². The highest BCUT2D eigenvalue weighted by Crippen LogP contribution is 2.29. The summed E-state index contributed by atoms with van der Waals surface area (Å²) in [5.41, 5.74) is 5.13. The first kappa shape index (κ1) is 21.9. The van der Waals surface area contributed by atoms with Gasteiger partial charge in [-0.1, -0.05) is 13.3 Å². The number of rotatable bonds is 7. The number of aliphatic hydroxyl groups is 3. The average molecular weight is 392 g/mol. The van der Waals surface area contributed by atoms with Crippen LogP contribution in [0, 0.1) is 5.92 Å². The molecule has 2 aliphatic rings. The zero-order valence-electron chi connectivity index (χ0n) is 15.7. The molecular weight excluding hydrogens is 358 g/mol. The minimum Gasteiger partial charge on any atom is -0.388 e. The Labute approximate surface area is 159 Å². The van der Waals surface area contributed by atoms with Gasteiger partial charge in [0.15, 0.2) is 0 Å². The van der Waals surface area contributed by atoms with Crippen molar-refractivity contribution in [3.05, 3.63) is 0 Å². The van der Waals surface area contributed by atoms with Crippen LogP contribution in [-0.4, -0.2) is 94.5 Å². The molecule has 0 aliphatic carbocycles. The lowest BCUT2D eigenvalue weighted by Crippen LogP contribution is -2.65. The first-order chi connectivity index (χ1) is 12.3. The van der Waals surface area contributed by atoms with Gasteiger partial charge in [0.05, 0.1) is 12.1 Å². The molecule has 6 N–H and O–H groups in total. The van der Waals surface area contributed by atoms with E-state index in [4.69, 9.17) is 10.5 Å². The first-order valence-electron chi connectivity index (χ1n) is 9.27. The molecule has 8 atom stereocenters. The highest BCUT2D eigenvalue weighted by Gasteiger charge is 2.47. The number of hydrogen-bond acceptors (Lipinski definition) is 8. The maximum absolute atomic E-state index is 12.8. The molecule has 0 bridgehead atoms. The van der Waals surface area contributed by atoms with E-state index in [2.05, 4.69) is 12.2 Å². The van der Waals surface area contributed by atoms with E-state index < -0.39 is 35.9 Å². The molecule has 9 heteroatoms. The average Bonchev–Trinajstić information content (AvgIpc) is 2.99. The summed E-state index contributed by atoms with van der Waals surface area (Å²) in [5.74, 6) is 0.366. The molecule has 26 heavy (non-hydrogen) atoms. The summed E-state index contributed by atoms with van der Waals surface area (Å²) in [6.07, 6.45) is -0.00582. The van der Waals surface area contributed by atoms with E-state index in [-0.39, 0.29) is 18.5 Å². The van der Waals surface area contributed by atoms with Gasteiger partial charge in [0.2, 0.25) is 5.91 Å². The molecule has 0 aromatic rings. The van der Waals surface area contributed by atoms with Crippen LogP contribution in [-0.2, 0) is 9.53 Å².